The zero-order valence-electron chi connectivity index (χ0n) is 7.33. The molecular formula is C10H10FNS. The van der Waals surface area contributed by atoms with Gasteiger partial charge >= 0.3 is 0 Å². The molecule has 0 fully saturated rings. The van der Waals surface area contributed by atoms with Crippen molar-refractivity contribution < 1.29 is 4.39 Å². The molecule has 0 bridgehead atoms. The van der Waals surface area contributed by atoms with Crippen molar-refractivity contribution in [2.75, 3.05) is 5.75 Å². The van der Waals surface area contributed by atoms with Gasteiger partial charge < -0.3 is 0 Å². The van der Waals surface area contributed by atoms with E-state index in [0.29, 0.717) is 0 Å². The summed E-state index contributed by atoms with van der Waals surface area (Å²) in [4.78, 5) is 1.00. The maximum absolute atomic E-state index is 12.5. The molecule has 1 atom stereocenters. The van der Waals surface area contributed by atoms with E-state index < -0.39 is 0 Å². The van der Waals surface area contributed by atoms with Crippen molar-refractivity contribution in [3.05, 3.63) is 30.1 Å². The largest absolute Gasteiger partial charge is 0.207 e. The molecular weight excluding hydrogens is 185 g/mol. The fraction of sp³-hybridized carbons (Fsp3) is 0.300. The third kappa shape index (κ3) is 3.47. The van der Waals surface area contributed by atoms with Gasteiger partial charge in [0.2, 0.25) is 0 Å². The molecule has 0 saturated heterocycles. The van der Waals surface area contributed by atoms with Crippen molar-refractivity contribution >= 4 is 11.8 Å². The predicted octanol–water partition coefficient (Wildman–Crippen LogP) is 3.08. The third-order valence-corrected chi connectivity index (χ3v) is 2.81. The minimum atomic E-state index is -0.224. The molecule has 0 aliphatic rings. The highest BCUT2D eigenvalue weighted by Gasteiger charge is 2.00. The third-order valence-electron chi connectivity index (χ3n) is 1.53. The summed E-state index contributed by atoms with van der Waals surface area (Å²) in [5, 5.41) is 8.53. The topological polar surface area (TPSA) is 23.8 Å². The molecule has 1 aromatic rings. The van der Waals surface area contributed by atoms with Crippen LogP contribution < -0.4 is 0 Å². The molecule has 0 radical (unpaired) electrons. The molecule has 1 unspecified atom stereocenters. The first-order chi connectivity index (χ1) is 6.22. The van der Waals surface area contributed by atoms with Gasteiger partial charge in [0.25, 0.3) is 0 Å². The van der Waals surface area contributed by atoms with Crippen LogP contribution in [0.25, 0.3) is 0 Å². The van der Waals surface area contributed by atoms with Crippen LogP contribution in [0.5, 0.6) is 0 Å². The first-order valence-electron chi connectivity index (χ1n) is 4.00. The molecule has 1 rings (SSSR count). The zero-order chi connectivity index (χ0) is 9.68. The molecule has 0 amide bonds. The molecule has 0 heterocycles. The molecule has 0 aliphatic heterocycles. The summed E-state index contributed by atoms with van der Waals surface area (Å²) in [6, 6.07) is 8.46. The number of thioether (sulfide) groups is 1. The minimum absolute atomic E-state index is 0.0371. The van der Waals surface area contributed by atoms with E-state index in [1.54, 1.807) is 23.9 Å². The fourth-order valence-corrected chi connectivity index (χ4v) is 1.63. The van der Waals surface area contributed by atoms with Crippen molar-refractivity contribution in [2.45, 2.75) is 11.8 Å². The molecule has 13 heavy (non-hydrogen) atoms. The first kappa shape index (κ1) is 10.1. The summed E-state index contributed by atoms with van der Waals surface area (Å²) in [7, 11) is 0. The van der Waals surface area contributed by atoms with Crippen LogP contribution >= 0.6 is 11.8 Å². The number of nitriles is 1. The van der Waals surface area contributed by atoms with Crippen LogP contribution in [0.4, 0.5) is 4.39 Å². The lowest BCUT2D eigenvalue weighted by molar-refractivity contribution is 0.626. The number of benzene rings is 1. The fourth-order valence-electron chi connectivity index (χ4n) is 0.789. The highest BCUT2D eigenvalue weighted by Crippen LogP contribution is 2.20. The maximum Gasteiger partial charge on any atom is 0.123 e. The average molecular weight is 195 g/mol. The highest BCUT2D eigenvalue weighted by molar-refractivity contribution is 7.99. The second-order valence-electron chi connectivity index (χ2n) is 2.80. The van der Waals surface area contributed by atoms with E-state index in [2.05, 4.69) is 6.07 Å². The van der Waals surface area contributed by atoms with Crippen molar-refractivity contribution in [1.29, 1.82) is 5.26 Å². The molecule has 3 heteroatoms. The summed E-state index contributed by atoms with van der Waals surface area (Å²) in [6.45, 7) is 1.87. The van der Waals surface area contributed by atoms with Gasteiger partial charge in [0.05, 0.1) is 12.0 Å². The number of halogens is 1. The highest BCUT2D eigenvalue weighted by atomic mass is 32.2. The van der Waals surface area contributed by atoms with Crippen LogP contribution in [0.2, 0.25) is 0 Å². The van der Waals surface area contributed by atoms with Gasteiger partial charge in [0.1, 0.15) is 5.82 Å². The molecule has 0 spiro atoms. The van der Waals surface area contributed by atoms with Gasteiger partial charge in [0, 0.05) is 10.6 Å². The van der Waals surface area contributed by atoms with Gasteiger partial charge in [-0.3, -0.25) is 0 Å². The summed E-state index contributed by atoms with van der Waals surface area (Å²) in [5.41, 5.74) is 0. The van der Waals surface area contributed by atoms with Gasteiger partial charge in [-0.1, -0.05) is 0 Å². The number of nitrogens with zero attached hydrogens (tertiary/aromatic N) is 1. The Bertz CT molecular complexity index is 302. The lowest BCUT2D eigenvalue weighted by atomic mass is 10.3. The van der Waals surface area contributed by atoms with Gasteiger partial charge in [0.15, 0.2) is 0 Å². The second-order valence-corrected chi connectivity index (χ2v) is 3.89. The molecule has 0 N–H and O–H groups in total. The van der Waals surface area contributed by atoms with E-state index in [4.69, 9.17) is 5.26 Å². The van der Waals surface area contributed by atoms with Crippen LogP contribution in [-0.4, -0.2) is 5.75 Å². The van der Waals surface area contributed by atoms with Crippen molar-refractivity contribution in [1.82, 2.24) is 0 Å². The van der Waals surface area contributed by atoms with E-state index in [1.165, 1.54) is 12.1 Å². The predicted molar refractivity (Wildman–Crippen MR) is 51.9 cm³/mol. The summed E-state index contributed by atoms with van der Waals surface area (Å²) < 4.78 is 12.5. The lowest BCUT2D eigenvalue weighted by Crippen LogP contribution is -1.92. The average Bonchev–Trinajstić information content (AvgIpc) is 2.16. The van der Waals surface area contributed by atoms with E-state index in [0.717, 1.165) is 10.6 Å². The maximum atomic E-state index is 12.5. The van der Waals surface area contributed by atoms with E-state index in [1.807, 2.05) is 6.92 Å². The molecule has 0 aromatic heterocycles. The Kier molecular flexibility index (Phi) is 3.78. The summed E-state index contributed by atoms with van der Waals surface area (Å²) in [6.07, 6.45) is 0. The Hall–Kier alpha value is -1.01. The minimum Gasteiger partial charge on any atom is -0.207 e. The van der Waals surface area contributed by atoms with E-state index in [-0.39, 0.29) is 11.7 Å². The van der Waals surface area contributed by atoms with Crippen molar-refractivity contribution in [2.24, 2.45) is 5.92 Å². The first-order valence-corrected chi connectivity index (χ1v) is 4.99. The molecule has 0 aliphatic carbocycles. The van der Waals surface area contributed by atoms with Crippen LogP contribution in [0.3, 0.4) is 0 Å². The Morgan fingerprint density at radius 2 is 2.08 bits per heavy atom. The van der Waals surface area contributed by atoms with Crippen LogP contribution in [0.1, 0.15) is 6.92 Å². The van der Waals surface area contributed by atoms with Crippen LogP contribution in [-0.2, 0) is 0 Å². The molecule has 0 saturated carbocycles. The Balaban J connectivity index is 2.47. The molecule has 1 aromatic carbocycles. The molecule has 68 valence electrons. The number of hydrogen-bond donors (Lipinski definition) is 0. The number of hydrogen-bond acceptors (Lipinski definition) is 2. The quantitative estimate of drug-likeness (QED) is 0.692. The Morgan fingerprint density at radius 3 is 2.62 bits per heavy atom. The number of rotatable bonds is 3. The Morgan fingerprint density at radius 1 is 1.46 bits per heavy atom. The van der Waals surface area contributed by atoms with E-state index >= 15 is 0 Å². The normalized spacial score (nSPS) is 12.1. The van der Waals surface area contributed by atoms with Gasteiger partial charge in [-0.05, 0) is 31.2 Å². The summed E-state index contributed by atoms with van der Waals surface area (Å²) >= 11 is 1.57. The SMILES string of the molecule is CC(C#N)CSc1ccc(F)cc1. The monoisotopic (exact) mass is 195 g/mol. The van der Waals surface area contributed by atoms with Crippen LogP contribution in [0.15, 0.2) is 29.2 Å². The standard InChI is InChI=1S/C10H10FNS/c1-8(6-12)7-13-10-4-2-9(11)3-5-10/h2-5,8H,7H2,1H3. The lowest BCUT2D eigenvalue weighted by Gasteiger charge is -2.01. The Labute approximate surface area is 81.6 Å². The van der Waals surface area contributed by atoms with Crippen molar-refractivity contribution in [3.8, 4) is 6.07 Å². The second kappa shape index (κ2) is 4.88. The smallest absolute Gasteiger partial charge is 0.123 e. The zero-order valence-corrected chi connectivity index (χ0v) is 8.14. The van der Waals surface area contributed by atoms with E-state index in [9.17, 15) is 4.39 Å². The van der Waals surface area contributed by atoms with Gasteiger partial charge in [-0.15, -0.1) is 11.8 Å². The summed E-state index contributed by atoms with van der Waals surface area (Å²) in [5.74, 6) is 0.565. The van der Waals surface area contributed by atoms with Crippen molar-refractivity contribution in [3.63, 3.8) is 0 Å². The van der Waals surface area contributed by atoms with Gasteiger partial charge in [-0.2, -0.15) is 5.26 Å². The van der Waals surface area contributed by atoms with Crippen LogP contribution in [0, 0.1) is 23.1 Å². The molecule has 1 nitrogen and oxygen atoms in total. The van der Waals surface area contributed by atoms with Gasteiger partial charge in [-0.25, -0.2) is 4.39 Å².